The Labute approximate surface area is 118 Å². The fourth-order valence-electron chi connectivity index (χ4n) is 1.76. The first-order valence-electron chi connectivity index (χ1n) is 5.84. The van der Waals surface area contributed by atoms with E-state index in [4.69, 9.17) is 11.6 Å². The average molecular weight is 303 g/mol. The minimum Gasteiger partial charge on any atom is -0.327 e. The lowest BCUT2D eigenvalue weighted by Gasteiger charge is -2.04. The number of hydrogen-bond donors (Lipinski definition) is 1. The number of aryl methyl sites for hydroxylation is 1. The van der Waals surface area contributed by atoms with Gasteiger partial charge in [-0.05, 0) is 6.42 Å². The van der Waals surface area contributed by atoms with Gasteiger partial charge in [0.2, 0.25) is 0 Å². The minimum atomic E-state index is -0.380. The van der Waals surface area contributed by atoms with Gasteiger partial charge in [-0.1, -0.05) is 18.7 Å². The molecule has 2 aromatic heterocycles. The number of rotatable bonds is 4. The zero-order chi connectivity index (χ0) is 14.2. The highest BCUT2D eigenvalue weighted by Crippen LogP contribution is 2.23. The van der Waals surface area contributed by atoms with Crippen molar-refractivity contribution in [3.8, 4) is 0 Å². The maximum atomic E-state index is 12.0. The number of imidazole rings is 1. The van der Waals surface area contributed by atoms with Crippen LogP contribution in [-0.2, 0) is 14.1 Å². The van der Waals surface area contributed by atoms with Gasteiger partial charge in [0.15, 0.2) is 16.3 Å². The summed E-state index contributed by atoms with van der Waals surface area (Å²) in [6, 6.07) is 0. The number of hydrogen-bond acceptors (Lipinski definition) is 4. The molecule has 0 amide bonds. The van der Waals surface area contributed by atoms with Gasteiger partial charge in [0.1, 0.15) is 0 Å². The van der Waals surface area contributed by atoms with Crippen LogP contribution >= 0.6 is 23.4 Å². The Hall–Kier alpha value is -1.21. The van der Waals surface area contributed by atoms with Crippen molar-refractivity contribution in [3.05, 3.63) is 20.8 Å². The van der Waals surface area contributed by atoms with Gasteiger partial charge in [0, 0.05) is 25.2 Å². The lowest BCUT2D eigenvalue weighted by atomic mass is 10.4. The van der Waals surface area contributed by atoms with Gasteiger partial charge < -0.3 is 4.98 Å². The third-order valence-corrected chi connectivity index (χ3v) is 4.17. The van der Waals surface area contributed by atoms with Crippen molar-refractivity contribution in [2.75, 3.05) is 5.88 Å². The quantitative estimate of drug-likeness (QED) is 0.677. The molecule has 0 radical (unpaired) electrons. The number of H-pyrrole nitrogens is 1. The van der Waals surface area contributed by atoms with Crippen molar-refractivity contribution in [2.24, 2.45) is 14.1 Å². The van der Waals surface area contributed by atoms with Crippen LogP contribution in [0, 0.1) is 0 Å². The molecule has 1 unspecified atom stereocenters. The molecule has 1 N–H and O–H groups in total. The van der Waals surface area contributed by atoms with Gasteiger partial charge in [-0.3, -0.25) is 13.9 Å². The van der Waals surface area contributed by atoms with Crippen molar-refractivity contribution < 1.29 is 0 Å². The van der Waals surface area contributed by atoms with Crippen molar-refractivity contribution >= 4 is 34.5 Å². The van der Waals surface area contributed by atoms with Crippen LogP contribution in [0.5, 0.6) is 0 Å². The van der Waals surface area contributed by atoms with Crippen molar-refractivity contribution in [3.63, 3.8) is 0 Å². The lowest BCUT2D eigenvalue weighted by Crippen LogP contribution is -2.36. The summed E-state index contributed by atoms with van der Waals surface area (Å²) in [5.74, 6) is 0.578. The molecule has 6 nitrogen and oxygen atoms in total. The summed E-state index contributed by atoms with van der Waals surface area (Å²) in [6.07, 6.45) is 0.847. The summed E-state index contributed by atoms with van der Waals surface area (Å²) in [4.78, 5) is 31.0. The van der Waals surface area contributed by atoms with Crippen LogP contribution in [0.2, 0.25) is 0 Å². The second kappa shape index (κ2) is 5.42. The third kappa shape index (κ3) is 2.57. The van der Waals surface area contributed by atoms with Crippen LogP contribution in [0.1, 0.15) is 13.3 Å². The van der Waals surface area contributed by atoms with Gasteiger partial charge in [-0.15, -0.1) is 11.6 Å². The van der Waals surface area contributed by atoms with E-state index in [1.165, 1.54) is 23.4 Å². The molecule has 0 fully saturated rings. The normalized spacial score (nSPS) is 13.1. The molecule has 0 saturated heterocycles. The first kappa shape index (κ1) is 14.2. The molecule has 0 bridgehead atoms. The molecule has 0 aliphatic rings. The Balaban J connectivity index is 2.52. The van der Waals surface area contributed by atoms with E-state index >= 15 is 0 Å². The summed E-state index contributed by atoms with van der Waals surface area (Å²) in [5, 5.41) is 0.921. The largest absolute Gasteiger partial charge is 0.332 e. The van der Waals surface area contributed by atoms with Crippen molar-refractivity contribution in [1.82, 2.24) is 19.1 Å². The highest BCUT2D eigenvalue weighted by Gasteiger charge is 2.15. The maximum absolute atomic E-state index is 12.0. The number of alkyl halides is 1. The Kier molecular flexibility index (Phi) is 4.05. The first-order valence-corrected chi connectivity index (χ1v) is 7.25. The van der Waals surface area contributed by atoms with E-state index in [0.717, 1.165) is 11.0 Å². The Morgan fingerprint density at radius 3 is 2.68 bits per heavy atom. The standard InChI is InChI=1S/C11H15ClN4O2S/c1-6(4-5-12)19-10-13-7-8(14-10)15(2)11(18)16(3)9(7)17/h6H,4-5H2,1-3H3,(H,13,14). The molecule has 2 rings (SSSR count). The molecule has 104 valence electrons. The highest BCUT2D eigenvalue weighted by atomic mass is 35.5. The van der Waals surface area contributed by atoms with E-state index in [9.17, 15) is 9.59 Å². The van der Waals surface area contributed by atoms with Gasteiger partial charge in [-0.2, -0.15) is 0 Å². The summed E-state index contributed by atoms with van der Waals surface area (Å²) in [6.45, 7) is 2.04. The smallest absolute Gasteiger partial charge is 0.327 e. The minimum absolute atomic E-state index is 0.291. The Morgan fingerprint density at radius 2 is 2.05 bits per heavy atom. The number of aromatic amines is 1. The average Bonchev–Trinajstić information content (AvgIpc) is 2.78. The van der Waals surface area contributed by atoms with Gasteiger partial charge in [0.05, 0.1) is 0 Å². The second-order valence-corrected chi connectivity index (χ2v) is 6.16. The number of fused-ring (bicyclic) bond motifs is 1. The fraction of sp³-hybridized carbons (Fsp3) is 0.545. The molecule has 0 spiro atoms. The molecular weight excluding hydrogens is 288 g/mol. The predicted molar refractivity (Wildman–Crippen MR) is 77.2 cm³/mol. The van der Waals surface area contributed by atoms with Crippen molar-refractivity contribution in [2.45, 2.75) is 23.8 Å². The predicted octanol–water partition coefficient (Wildman–Crippen LogP) is 1.07. The lowest BCUT2D eigenvalue weighted by molar-refractivity contribution is 0.708. The first-order chi connectivity index (χ1) is 8.95. The van der Waals surface area contributed by atoms with Crippen molar-refractivity contribution in [1.29, 1.82) is 0 Å². The number of aromatic nitrogens is 4. The number of nitrogens with one attached hydrogen (secondary N) is 1. The Morgan fingerprint density at radius 1 is 1.37 bits per heavy atom. The molecule has 0 aromatic carbocycles. The van der Waals surface area contributed by atoms with E-state index < -0.39 is 0 Å². The molecule has 0 aliphatic carbocycles. The van der Waals surface area contributed by atoms with E-state index in [0.29, 0.717) is 27.5 Å². The van der Waals surface area contributed by atoms with Crippen LogP contribution in [-0.4, -0.2) is 30.2 Å². The number of nitrogens with zero attached hydrogens (tertiary/aromatic N) is 3. The fourth-order valence-corrected chi connectivity index (χ4v) is 3.14. The number of halogens is 1. The molecule has 2 heterocycles. The van der Waals surface area contributed by atoms with Crippen LogP contribution in [0.4, 0.5) is 0 Å². The maximum Gasteiger partial charge on any atom is 0.332 e. The summed E-state index contributed by atoms with van der Waals surface area (Å²) in [5.41, 5.74) is -0.00403. The molecule has 8 heteroatoms. The summed E-state index contributed by atoms with van der Waals surface area (Å²) in [7, 11) is 3.05. The third-order valence-electron chi connectivity index (χ3n) is 2.90. The molecule has 19 heavy (non-hydrogen) atoms. The summed E-state index contributed by atoms with van der Waals surface area (Å²) >= 11 is 7.20. The van der Waals surface area contributed by atoms with E-state index in [1.807, 2.05) is 6.92 Å². The zero-order valence-corrected chi connectivity index (χ0v) is 12.5. The van der Waals surface area contributed by atoms with E-state index in [1.54, 1.807) is 7.05 Å². The van der Waals surface area contributed by atoms with E-state index in [-0.39, 0.29) is 11.2 Å². The second-order valence-electron chi connectivity index (χ2n) is 4.35. The van der Waals surface area contributed by atoms with Crippen LogP contribution < -0.4 is 11.2 Å². The zero-order valence-electron chi connectivity index (χ0n) is 10.9. The van der Waals surface area contributed by atoms with Crippen LogP contribution in [0.3, 0.4) is 0 Å². The van der Waals surface area contributed by atoms with Crippen LogP contribution in [0.15, 0.2) is 14.7 Å². The molecule has 0 saturated carbocycles. The van der Waals surface area contributed by atoms with Gasteiger partial charge in [-0.25, -0.2) is 9.78 Å². The molecule has 1 atom stereocenters. The van der Waals surface area contributed by atoms with Gasteiger partial charge >= 0.3 is 5.69 Å². The van der Waals surface area contributed by atoms with E-state index in [2.05, 4.69) is 9.97 Å². The Bertz CT molecular complexity index is 718. The molecule has 2 aromatic rings. The van der Waals surface area contributed by atoms with Gasteiger partial charge in [0.25, 0.3) is 5.56 Å². The molecule has 0 aliphatic heterocycles. The molecular formula is C11H15ClN4O2S. The van der Waals surface area contributed by atoms with Crippen LogP contribution in [0.25, 0.3) is 11.2 Å². The monoisotopic (exact) mass is 302 g/mol. The summed E-state index contributed by atoms with van der Waals surface area (Å²) < 4.78 is 2.43. The SMILES string of the molecule is CC(CCCl)Sc1nc2c([nH]1)c(=O)n(C)c(=O)n2C. The number of thioether (sulfide) groups is 1. The highest BCUT2D eigenvalue weighted by molar-refractivity contribution is 7.99. The topological polar surface area (TPSA) is 72.7 Å².